The predicted molar refractivity (Wildman–Crippen MR) is 74.8 cm³/mol. The molecule has 0 bridgehead atoms. The molecule has 0 aliphatic carbocycles. The highest BCUT2D eigenvalue weighted by molar-refractivity contribution is 5.93. The van der Waals surface area contributed by atoms with Crippen molar-refractivity contribution in [1.82, 2.24) is 4.90 Å². The second-order valence-electron chi connectivity index (χ2n) is 5.16. The van der Waals surface area contributed by atoms with Crippen molar-refractivity contribution in [2.45, 2.75) is 26.7 Å². The Hall–Kier alpha value is -1.84. The summed E-state index contributed by atoms with van der Waals surface area (Å²) in [5, 5.41) is 2.92. The van der Waals surface area contributed by atoms with Gasteiger partial charge in [0.05, 0.1) is 5.92 Å². The van der Waals surface area contributed by atoms with Gasteiger partial charge < -0.3 is 10.2 Å². The first-order chi connectivity index (χ1) is 9.06. The Labute approximate surface area is 113 Å². The van der Waals surface area contributed by atoms with E-state index in [0.717, 1.165) is 25.1 Å². The summed E-state index contributed by atoms with van der Waals surface area (Å²) in [6.45, 7) is 4.87. The van der Waals surface area contributed by atoms with Crippen LogP contribution in [0.3, 0.4) is 0 Å². The molecule has 19 heavy (non-hydrogen) atoms. The molecule has 2 rings (SSSR count). The van der Waals surface area contributed by atoms with E-state index in [1.54, 1.807) is 11.8 Å². The van der Waals surface area contributed by atoms with Crippen molar-refractivity contribution in [3.63, 3.8) is 0 Å². The quantitative estimate of drug-likeness (QED) is 0.886. The third-order valence-electron chi connectivity index (χ3n) is 3.56. The Kier molecular flexibility index (Phi) is 4.20. The molecule has 1 atom stereocenters. The molecule has 1 fully saturated rings. The molecule has 2 amide bonds. The number of nitrogens with one attached hydrogen (secondary N) is 1. The largest absolute Gasteiger partial charge is 0.342 e. The zero-order valence-corrected chi connectivity index (χ0v) is 11.5. The summed E-state index contributed by atoms with van der Waals surface area (Å²) in [5.74, 6) is -0.0402. The van der Waals surface area contributed by atoms with E-state index in [4.69, 9.17) is 0 Å². The highest BCUT2D eigenvalue weighted by atomic mass is 16.2. The third kappa shape index (κ3) is 3.56. The number of carbonyl (C=O) groups excluding carboxylic acids is 2. The lowest BCUT2D eigenvalue weighted by molar-refractivity contribution is -0.132. The minimum atomic E-state index is -0.0982. The number of amides is 2. The van der Waals surface area contributed by atoms with Gasteiger partial charge in [-0.05, 0) is 31.9 Å². The van der Waals surface area contributed by atoms with Gasteiger partial charge in [0.2, 0.25) is 11.8 Å². The van der Waals surface area contributed by atoms with Gasteiger partial charge in [0.1, 0.15) is 0 Å². The summed E-state index contributed by atoms with van der Waals surface area (Å²) in [6.07, 6.45) is 1.74. The first kappa shape index (κ1) is 13.6. The van der Waals surface area contributed by atoms with E-state index < -0.39 is 0 Å². The predicted octanol–water partition coefficient (Wildman–Crippen LogP) is 2.19. The number of aryl methyl sites for hydroxylation is 1. The van der Waals surface area contributed by atoms with E-state index in [-0.39, 0.29) is 17.7 Å². The third-order valence-corrected chi connectivity index (χ3v) is 3.56. The maximum absolute atomic E-state index is 12.2. The first-order valence-electron chi connectivity index (χ1n) is 6.69. The van der Waals surface area contributed by atoms with Crippen LogP contribution in [0.15, 0.2) is 24.3 Å². The molecule has 1 heterocycles. The summed E-state index contributed by atoms with van der Waals surface area (Å²) in [7, 11) is 0. The lowest BCUT2D eigenvalue weighted by Crippen LogP contribution is -2.42. The average Bonchev–Trinajstić information content (AvgIpc) is 2.41. The second kappa shape index (κ2) is 5.87. The molecule has 4 nitrogen and oxygen atoms in total. The fourth-order valence-corrected chi connectivity index (χ4v) is 2.36. The number of piperidine rings is 1. The number of anilines is 1. The van der Waals surface area contributed by atoms with E-state index in [0.29, 0.717) is 6.54 Å². The van der Waals surface area contributed by atoms with Crippen molar-refractivity contribution >= 4 is 17.5 Å². The van der Waals surface area contributed by atoms with Crippen LogP contribution in [0.25, 0.3) is 0 Å². The molecule has 1 aromatic rings. The highest BCUT2D eigenvalue weighted by Crippen LogP contribution is 2.19. The van der Waals surface area contributed by atoms with Gasteiger partial charge in [-0.3, -0.25) is 9.59 Å². The van der Waals surface area contributed by atoms with Crippen LogP contribution in [0.5, 0.6) is 0 Å². The van der Waals surface area contributed by atoms with Gasteiger partial charge in [0.25, 0.3) is 0 Å². The lowest BCUT2D eigenvalue weighted by Gasteiger charge is -2.31. The number of hydrogen-bond acceptors (Lipinski definition) is 2. The molecule has 1 aliphatic rings. The number of carbonyl (C=O) groups is 2. The van der Waals surface area contributed by atoms with Gasteiger partial charge in [-0.15, -0.1) is 0 Å². The van der Waals surface area contributed by atoms with Crippen LogP contribution in [-0.4, -0.2) is 29.8 Å². The monoisotopic (exact) mass is 260 g/mol. The van der Waals surface area contributed by atoms with E-state index >= 15 is 0 Å². The van der Waals surface area contributed by atoms with Crippen molar-refractivity contribution < 1.29 is 9.59 Å². The molecule has 4 heteroatoms. The van der Waals surface area contributed by atoms with Crippen LogP contribution in [-0.2, 0) is 9.59 Å². The zero-order chi connectivity index (χ0) is 13.8. The Balaban J connectivity index is 1.96. The fraction of sp³-hybridized carbons (Fsp3) is 0.467. The normalized spacial score (nSPS) is 19.1. The van der Waals surface area contributed by atoms with Gasteiger partial charge in [0.15, 0.2) is 0 Å². The van der Waals surface area contributed by atoms with Crippen LogP contribution in [0.4, 0.5) is 5.69 Å². The average molecular weight is 260 g/mol. The van der Waals surface area contributed by atoms with Crippen LogP contribution in [0, 0.1) is 12.8 Å². The summed E-state index contributed by atoms with van der Waals surface area (Å²) >= 11 is 0. The molecular formula is C15H20N2O2. The smallest absolute Gasteiger partial charge is 0.229 e. The van der Waals surface area contributed by atoms with Crippen LogP contribution in [0.2, 0.25) is 0 Å². The molecule has 1 saturated heterocycles. The number of rotatable bonds is 2. The molecule has 0 aromatic heterocycles. The van der Waals surface area contributed by atoms with Crippen molar-refractivity contribution in [2.75, 3.05) is 18.4 Å². The molecular weight excluding hydrogens is 240 g/mol. The second-order valence-corrected chi connectivity index (χ2v) is 5.16. The maximum Gasteiger partial charge on any atom is 0.229 e. The maximum atomic E-state index is 12.2. The summed E-state index contributed by atoms with van der Waals surface area (Å²) in [4.78, 5) is 25.3. The minimum absolute atomic E-state index is 0.00908. The van der Waals surface area contributed by atoms with E-state index in [9.17, 15) is 9.59 Å². The zero-order valence-electron chi connectivity index (χ0n) is 11.5. The topological polar surface area (TPSA) is 49.4 Å². The fourth-order valence-electron chi connectivity index (χ4n) is 2.36. The molecule has 0 spiro atoms. The molecule has 0 saturated carbocycles. The highest BCUT2D eigenvalue weighted by Gasteiger charge is 2.26. The Morgan fingerprint density at radius 3 is 2.58 bits per heavy atom. The van der Waals surface area contributed by atoms with Gasteiger partial charge in [-0.25, -0.2) is 0 Å². The molecule has 1 N–H and O–H groups in total. The Morgan fingerprint density at radius 1 is 1.26 bits per heavy atom. The molecule has 102 valence electrons. The van der Waals surface area contributed by atoms with Gasteiger partial charge in [-0.1, -0.05) is 17.7 Å². The molecule has 1 aliphatic heterocycles. The summed E-state index contributed by atoms with van der Waals surface area (Å²) in [6, 6.07) is 7.74. The molecule has 1 unspecified atom stereocenters. The number of likely N-dealkylation sites (tertiary alicyclic amines) is 1. The number of benzene rings is 1. The van der Waals surface area contributed by atoms with E-state index in [1.807, 2.05) is 31.2 Å². The number of nitrogens with zero attached hydrogens (tertiary/aromatic N) is 1. The lowest BCUT2D eigenvalue weighted by atomic mass is 9.97. The first-order valence-corrected chi connectivity index (χ1v) is 6.69. The van der Waals surface area contributed by atoms with Crippen LogP contribution in [0.1, 0.15) is 25.3 Å². The minimum Gasteiger partial charge on any atom is -0.342 e. The van der Waals surface area contributed by atoms with Crippen molar-refractivity contribution in [3.8, 4) is 0 Å². The van der Waals surface area contributed by atoms with E-state index in [1.165, 1.54) is 5.56 Å². The van der Waals surface area contributed by atoms with Crippen LogP contribution >= 0.6 is 0 Å². The summed E-state index contributed by atoms with van der Waals surface area (Å²) in [5.41, 5.74) is 1.98. The Morgan fingerprint density at radius 2 is 1.95 bits per heavy atom. The standard InChI is InChI=1S/C15H20N2O2/c1-11-5-7-14(8-6-11)16-15(19)13-4-3-9-17(10-13)12(2)18/h5-8,13H,3-4,9-10H2,1-2H3,(H,16,19). The number of hydrogen-bond donors (Lipinski definition) is 1. The van der Waals surface area contributed by atoms with Crippen molar-refractivity contribution in [1.29, 1.82) is 0 Å². The van der Waals surface area contributed by atoms with Gasteiger partial charge >= 0.3 is 0 Å². The van der Waals surface area contributed by atoms with Crippen molar-refractivity contribution in [3.05, 3.63) is 29.8 Å². The van der Waals surface area contributed by atoms with Crippen LogP contribution < -0.4 is 5.32 Å². The summed E-state index contributed by atoms with van der Waals surface area (Å²) < 4.78 is 0. The van der Waals surface area contributed by atoms with Gasteiger partial charge in [0, 0.05) is 25.7 Å². The SMILES string of the molecule is CC(=O)N1CCCC(C(=O)Nc2ccc(C)cc2)C1. The van der Waals surface area contributed by atoms with Crippen molar-refractivity contribution in [2.24, 2.45) is 5.92 Å². The van der Waals surface area contributed by atoms with Gasteiger partial charge in [-0.2, -0.15) is 0 Å². The molecule has 0 radical (unpaired) electrons. The Bertz CT molecular complexity index is 468. The molecule has 1 aromatic carbocycles. The van der Waals surface area contributed by atoms with E-state index in [2.05, 4.69) is 5.32 Å².